The molecule has 6 heteroatoms. The third-order valence-electron chi connectivity index (χ3n) is 2.63. The van der Waals surface area contributed by atoms with Crippen LogP contribution in [0.1, 0.15) is 21.5 Å². The van der Waals surface area contributed by atoms with Gasteiger partial charge in [0.2, 0.25) is 5.95 Å². The molecule has 20 heavy (non-hydrogen) atoms. The highest BCUT2D eigenvalue weighted by Crippen LogP contribution is 2.09. The van der Waals surface area contributed by atoms with Crippen LogP contribution in [0.15, 0.2) is 36.5 Å². The number of nitriles is 1. The van der Waals surface area contributed by atoms with Gasteiger partial charge in [-0.3, -0.25) is 4.79 Å². The molecule has 0 fully saturated rings. The number of amides is 1. The highest BCUT2D eigenvalue weighted by Gasteiger charge is 2.15. The van der Waals surface area contributed by atoms with E-state index in [2.05, 4.69) is 10.3 Å². The molecule has 0 atom stereocenters. The summed E-state index contributed by atoms with van der Waals surface area (Å²) in [5.41, 5.74) is 0.848. The molecule has 0 spiro atoms. The number of aromatic nitrogens is 1. The van der Waals surface area contributed by atoms with Gasteiger partial charge in [0.25, 0.3) is 5.91 Å². The first-order valence-electron chi connectivity index (χ1n) is 5.69. The minimum absolute atomic E-state index is 0.147. The van der Waals surface area contributed by atoms with E-state index in [-0.39, 0.29) is 6.54 Å². The zero-order valence-electron chi connectivity index (χ0n) is 10.2. The molecule has 1 aromatic heterocycles. The van der Waals surface area contributed by atoms with Crippen molar-refractivity contribution in [1.82, 2.24) is 10.3 Å². The van der Waals surface area contributed by atoms with E-state index in [4.69, 9.17) is 5.26 Å². The van der Waals surface area contributed by atoms with Gasteiger partial charge in [0, 0.05) is 12.7 Å². The second-order valence-electron chi connectivity index (χ2n) is 3.95. The molecule has 0 aliphatic carbocycles. The van der Waals surface area contributed by atoms with Gasteiger partial charge in [-0.25, -0.2) is 9.37 Å². The van der Waals surface area contributed by atoms with Crippen molar-refractivity contribution >= 4 is 5.91 Å². The van der Waals surface area contributed by atoms with E-state index in [1.807, 2.05) is 6.07 Å². The van der Waals surface area contributed by atoms with Crippen LogP contribution in [0.25, 0.3) is 0 Å². The van der Waals surface area contributed by atoms with E-state index in [1.165, 1.54) is 0 Å². The van der Waals surface area contributed by atoms with Crippen LogP contribution < -0.4 is 5.32 Å². The minimum atomic E-state index is -1.31. The van der Waals surface area contributed by atoms with Crippen LogP contribution in [0, 0.1) is 23.1 Å². The second-order valence-corrected chi connectivity index (χ2v) is 3.95. The number of nitrogens with zero attached hydrogens (tertiary/aromatic N) is 2. The summed E-state index contributed by atoms with van der Waals surface area (Å²) in [5, 5.41) is 11.1. The molecule has 2 rings (SSSR count). The quantitative estimate of drug-likeness (QED) is 0.871. The lowest BCUT2D eigenvalue weighted by atomic mass is 10.1. The van der Waals surface area contributed by atoms with E-state index >= 15 is 0 Å². The fourth-order valence-corrected chi connectivity index (χ4v) is 1.57. The Hall–Kier alpha value is -2.81. The van der Waals surface area contributed by atoms with Crippen LogP contribution >= 0.6 is 0 Å². The first-order chi connectivity index (χ1) is 9.61. The average Bonchev–Trinajstić information content (AvgIpc) is 2.48. The molecular weight excluding hydrogens is 264 g/mol. The molecule has 0 bridgehead atoms. The van der Waals surface area contributed by atoms with E-state index < -0.39 is 23.2 Å². The number of halogens is 2. The zero-order chi connectivity index (χ0) is 14.5. The number of benzene rings is 1. The molecule has 0 aliphatic rings. The maximum absolute atomic E-state index is 13.3. The summed E-state index contributed by atoms with van der Waals surface area (Å²) < 4.78 is 26.2. The van der Waals surface area contributed by atoms with Gasteiger partial charge in [0.15, 0.2) is 5.82 Å². The number of nitrogens with one attached hydrogen (secondary N) is 1. The summed E-state index contributed by atoms with van der Waals surface area (Å²) in [4.78, 5) is 14.8. The lowest BCUT2D eigenvalue weighted by molar-refractivity contribution is 0.0945. The molecule has 0 saturated carbocycles. The third kappa shape index (κ3) is 2.95. The van der Waals surface area contributed by atoms with Crippen molar-refractivity contribution < 1.29 is 13.6 Å². The summed E-state index contributed by atoms with van der Waals surface area (Å²) in [6.45, 7) is 0.147. The van der Waals surface area contributed by atoms with Crippen LogP contribution in [0.2, 0.25) is 0 Å². The van der Waals surface area contributed by atoms with Crippen LogP contribution in [-0.2, 0) is 6.54 Å². The predicted molar refractivity (Wildman–Crippen MR) is 66.5 cm³/mol. The average molecular weight is 273 g/mol. The highest BCUT2D eigenvalue weighted by atomic mass is 19.2. The third-order valence-corrected chi connectivity index (χ3v) is 2.63. The Labute approximate surface area is 113 Å². The van der Waals surface area contributed by atoms with Gasteiger partial charge >= 0.3 is 0 Å². The second kappa shape index (κ2) is 5.89. The van der Waals surface area contributed by atoms with Crippen molar-refractivity contribution in [3.05, 3.63) is 65.0 Å². The Morgan fingerprint density at radius 2 is 1.95 bits per heavy atom. The Bertz CT molecular complexity index is 678. The highest BCUT2D eigenvalue weighted by molar-refractivity contribution is 5.94. The van der Waals surface area contributed by atoms with Crippen LogP contribution in [0.5, 0.6) is 0 Å². The van der Waals surface area contributed by atoms with Gasteiger partial charge in [-0.15, -0.1) is 0 Å². The Balaban J connectivity index is 2.05. The largest absolute Gasteiger partial charge is 0.348 e. The van der Waals surface area contributed by atoms with E-state index in [1.54, 1.807) is 24.3 Å². The molecule has 1 amide bonds. The summed E-state index contributed by atoms with van der Waals surface area (Å²) in [6, 6.07) is 9.63. The molecule has 0 aliphatic heterocycles. The van der Waals surface area contributed by atoms with E-state index in [0.717, 1.165) is 17.8 Å². The van der Waals surface area contributed by atoms with Crippen molar-refractivity contribution in [1.29, 1.82) is 5.26 Å². The fraction of sp³-hybridized carbons (Fsp3) is 0.0714. The van der Waals surface area contributed by atoms with Crippen molar-refractivity contribution in [2.75, 3.05) is 0 Å². The van der Waals surface area contributed by atoms with Gasteiger partial charge in [-0.1, -0.05) is 12.1 Å². The van der Waals surface area contributed by atoms with Crippen molar-refractivity contribution in [2.24, 2.45) is 0 Å². The normalized spacial score (nSPS) is 9.85. The summed E-state index contributed by atoms with van der Waals surface area (Å²) in [6.07, 6.45) is 1.02. The number of carbonyl (C=O) groups is 1. The predicted octanol–water partition coefficient (Wildman–Crippen LogP) is 2.16. The van der Waals surface area contributed by atoms with Crippen LogP contribution in [0.4, 0.5) is 8.78 Å². The summed E-state index contributed by atoms with van der Waals surface area (Å²) >= 11 is 0. The molecule has 0 saturated heterocycles. The Morgan fingerprint density at radius 3 is 2.60 bits per heavy atom. The molecule has 100 valence electrons. The van der Waals surface area contributed by atoms with E-state index in [0.29, 0.717) is 5.56 Å². The van der Waals surface area contributed by atoms with Gasteiger partial charge in [0.05, 0.1) is 17.2 Å². The van der Waals surface area contributed by atoms with Crippen molar-refractivity contribution in [2.45, 2.75) is 6.54 Å². The maximum atomic E-state index is 13.3. The van der Waals surface area contributed by atoms with Gasteiger partial charge < -0.3 is 5.32 Å². The van der Waals surface area contributed by atoms with Gasteiger partial charge in [-0.05, 0) is 23.8 Å². The van der Waals surface area contributed by atoms with Crippen LogP contribution in [0.3, 0.4) is 0 Å². The SMILES string of the molecule is N#Cc1ccc(CNC(=O)c2ccnc(F)c2F)cc1. The maximum Gasteiger partial charge on any atom is 0.254 e. The van der Waals surface area contributed by atoms with E-state index in [9.17, 15) is 13.6 Å². The molecule has 1 heterocycles. The molecule has 4 nitrogen and oxygen atoms in total. The van der Waals surface area contributed by atoms with Crippen LogP contribution in [-0.4, -0.2) is 10.9 Å². The number of carbonyl (C=O) groups excluding carboxylic acids is 1. The molecule has 0 radical (unpaired) electrons. The minimum Gasteiger partial charge on any atom is -0.348 e. The number of hydrogen-bond donors (Lipinski definition) is 1. The summed E-state index contributed by atoms with van der Waals surface area (Å²) in [7, 11) is 0. The Kier molecular flexibility index (Phi) is 4.01. The number of rotatable bonds is 3. The monoisotopic (exact) mass is 273 g/mol. The number of pyridine rings is 1. The lowest BCUT2D eigenvalue weighted by Crippen LogP contribution is -2.24. The zero-order valence-corrected chi connectivity index (χ0v) is 10.2. The number of hydrogen-bond acceptors (Lipinski definition) is 3. The van der Waals surface area contributed by atoms with Crippen molar-refractivity contribution in [3.63, 3.8) is 0 Å². The first kappa shape index (κ1) is 13.6. The van der Waals surface area contributed by atoms with Gasteiger partial charge in [0.1, 0.15) is 0 Å². The molecular formula is C14H9F2N3O. The topological polar surface area (TPSA) is 65.8 Å². The lowest BCUT2D eigenvalue weighted by Gasteiger charge is -2.06. The summed E-state index contributed by atoms with van der Waals surface area (Å²) in [5.74, 6) is -3.31. The fourth-order valence-electron chi connectivity index (χ4n) is 1.57. The molecule has 1 aromatic carbocycles. The molecule has 1 N–H and O–H groups in total. The van der Waals surface area contributed by atoms with Crippen molar-refractivity contribution in [3.8, 4) is 6.07 Å². The molecule has 0 unspecified atom stereocenters. The smallest absolute Gasteiger partial charge is 0.254 e. The molecule has 2 aromatic rings. The first-order valence-corrected chi connectivity index (χ1v) is 5.69. The standard InChI is InChI=1S/C14H9F2N3O/c15-12-11(5-6-18-13(12)16)14(20)19-8-10-3-1-9(7-17)2-4-10/h1-6H,8H2,(H,19,20). The van der Waals surface area contributed by atoms with Gasteiger partial charge in [-0.2, -0.15) is 9.65 Å². The Morgan fingerprint density at radius 1 is 1.25 bits per heavy atom.